The Morgan fingerprint density at radius 2 is 1.79 bits per heavy atom. The van der Waals surface area contributed by atoms with Gasteiger partial charge in [-0.25, -0.2) is 9.07 Å². The number of likely N-dealkylation sites (tertiary alicyclic amines) is 1. The van der Waals surface area contributed by atoms with E-state index >= 15 is 0 Å². The van der Waals surface area contributed by atoms with Crippen LogP contribution in [0.3, 0.4) is 0 Å². The fourth-order valence-electron chi connectivity index (χ4n) is 4.35. The van der Waals surface area contributed by atoms with Crippen molar-refractivity contribution in [2.45, 2.75) is 31.7 Å². The first-order chi connectivity index (χ1) is 16.5. The standard InChI is InChI=1S/C26H27FN4O3/c1-34-22-4-2-3-18(15-22)24-23(16-31(29-24)21-9-7-19(27)8-10-21)25(32)28-20-11-13-30(14-12-20)26(33)17-5-6-17/h2-4,7-10,15-17,20H,5-6,11-14H2,1H3,(H,28,32). The lowest BCUT2D eigenvalue weighted by atomic mass is 10.0. The van der Waals surface area contributed by atoms with Crippen LogP contribution < -0.4 is 10.1 Å². The third kappa shape index (κ3) is 4.66. The molecule has 1 aromatic heterocycles. The van der Waals surface area contributed by atoms with E-state index in [4.69, 9.17) is 4.74 Å². The van der Waals surface area contributed by atoms with E-state index in [-0.39, 0.29) is 29.6 Å². The first-order valence-electron chi connectivity index (χ1n) is 11.6. The number of carbonyl (C=O) groups is 2. The van der Waals surface area contributed by atoms with Gasteiger partial charge >= 0.3 is 0 Å². The molecule has 1 saturated heterocycles. The largest absolute Gasteiger partial charge is 0.497 e. The molecule has 0 bridgehead atoms. The molecule has 1 saturated carbocycles. The number of halogens is 1. The van der Waals surface area contributed by atoms with Crippen molar-refractivity contribution >= 4 is 11.8 Å². The third-order valence-corrected chi connectivity index (χ3v) is 6.46. The predicted molar refractivity (Wildman–Crippen MR) is 125 cm³/mol. The minimum absolute atomic E-state index is 0.0110. The van der Waals surface area contributed by atoms with E-state index in [0.29, 0.717) is 35.8 Å². The highest BCUT2D eigenvalue weighted by molar-refractivity contribution is 6.00. The Hall–Kier alpha value is -3.68. The summed E-state index contributed by atoms with van der Waals surface area (Å²) in [5.74, 6) is 0.568. The van der Waals surface area contributed by atoms with Gasteiger partial charge < -0.3 is 15.0 Å². The molecule has 1 aliphatic heterocycles. The van der Waals surface area contributed by atoms with Crippen LogP contribution in [0.1, 0.15) is 36.0 Å². The van der Waals surface area contributed by atoms with E-state index < -0.39 is 0 Å². The van der Waals surface area contributed by atoms with Crippen LogP contribution in [0.15, 0.2) is 54.7 Å². The van der Waals surface area contributed by atoms with E-state index in [0.717, 1.165) is 31.2 Å². The Labute approximate surface area is 197 Å². The second-order valence-electron chi connectivity index (χ2n) is 8.89. The van der Waals surface area contributed by atoms with Crippen molar-refractivity contribution in [2.75, 3.05) is 20.2 Å². The Bertz CT molecular complexity index is 1200. The molecule has 5 rings (SSSR count). The lowest BCUT2D eigenvalue weighted by Crippen LogP contribution is -2.47. The van der Waals surface area contributed by atoms with Crippen molar-refractivity contribution in [3.8, 4) is 22.7 Å². The van der Waals surface area contributed by atoms with E-state index in [9.17, 15) is 14.0 Å². The second kappa shape index (κ2) is 9.29. The van der Waals surface area contributed by atoms with Gasteiger partial charge in [-0.1, -0.05) is 12.1 Å². The van der Waals surface area contributed by atoms with Crippen LogP contribution in [0.5, 0.6) is 5.75 Å². The molecule has 2 amide bonds. The van der Waals surface area contributed by atoms with Crippen molar-refractivity contribution in [1.29, 1.82) is 0 Å². The maximum Gasteiger partial charge on any atom is 0.255 e. The molecule has 1 N–H and O–H groups in total. The van der Waals surface area contributed by atoms with Gasteiger partial charge in [0, 0.05) is 36.8 Å². The molecule has 176 valence electrons. The smallest absolute Gasteiger partial charge is 0.255 e. The zero-order valence-electron chi connectivity index (χ0n) is 19.0. The summed E-state index contributed by atoms with van der Waals surface area (Å²) >= 11 is 0. The average molecular weight is 463 g/mol. The fraction of sp³-hybridized carbons (Fsp3) is 0.346. The molecule has 2 aromatic carbocycles. The van der Waals surface area contributed by atoms with Gasteiger partial charge in [0.25, 0.3) is 5.91 Å². The quantitative estimate of drug-likeness (QED) is 0.604. The topological polar surface area (TPSA) is 76.5 Å². The number of amides is 2. The van der Waals surface area contributed by atoms with E-state index in [1.165, 1.54) is 12.1 Å². The number of nitrogens with zero attached hydrogens (tertiary/aromatic N) is 3. The molecule has 8 heteroatoms. The summed E-state index contributed by atoms with van der Waals surface area (Å²) in [5.41, 5.74) is 2.34. The maximum absolute atomic E-state index is 13.4. The fourth-order valence-corrected chi connectivity index (χ4v) is 4.35. The van der Waals surface area contributed by atoms with Crippen molar-refractivity contribution in [1.82, 2.24) is 20.0 Å². The van der Waals surface area contributed by atoms with Crippen LogP contribution in [0.25, 0.3) is 16.9 Å². The first kappa shape index (κ1) is 22.1. The summed E-state index contributed by atoms with van der Waals surface area (Å²) in [4.78, 5) is 27.6. The van der Waals surface area contributed by atoms with Crippen molar-refractivity contribution in [2.24, 2.45) is 5.92 Å². The minimum atomic E-state index is -0.339. The summed E-state index contributed by atoms with van der Waals surface area (Å²) in [5, 5.41) is 7.79. The maximum atomic E-state index is 13.4. The highest BCUT2D eigenvalue weighted by atomic mass is 19.1. The number of benzene rings is 2. The molecule has 0 radical (unpaired) electrons. The molecule has 2 heterocycles. The summed E-state index contributed by atoms with van der Waals surface area (Å²) in [6.07, 6.45) is 5.12. The molecule has 1 aliphatic carbocycles. The molecule has 2 fully saturated rings. The number of hydrogen-bond acceptors (Lipinski definition) is 4. The van der Waals surface area contributed by atoms with Gasteiger partial charge in [0.15, 0.2) is 0 Å². The monoisotopic (exact) mass is 462 g/mol. The molecule has 0 spiro atoms. The zero-order chi connectivity index (χ0) is 23.7. The number of hydrogen-bond donors (Lipinski definition) is 1. The van der Waals surface area contributed by atoms with Crippen molar-refractivity contribution in [3.05, 3.63) is 66.1 Å². The van der Waals surface area contributed by atoms with Crippen LogP contribution in [0, 0.1) is 11.7 Å². The van der Waals surface area contributed by atoms with Crippen LogP contribution in [0.4, 0.5) is 4.39 Å². The predicted octanol–water partition coefficient (Wildman–Crippen LogP) is 3.82. The number of nitrogens with one attached hydrogen (secondary N) is 1. The van der Waals surface area contributed by atoms with E-state index in [1.54, 1.807) is 30.1 Å². The van der Waals surface area contributed by atoms with Gasteiger partial charge in [-0.3, -0.25) is 9.59 Å². The van der Waals surface area contributed by atoms with Gasteiger partial charge in [0.1, 0.15) is 17.3 Å². The normalized spacial score (nSPS) is 16.4. The lowest BCUT2D eigenvalue weighted by Gasteiger charge is -2.32. The Morgan fingerprint density at radius 3 is 2.47 bits per heavy atom. The first-order valence-corrected chi connectivity index (χ1v) is 11.6. The van der Waals surface area contributed by atoms with Gasteiger partial charge in [0.2, 0.25) is 5.91 Å². The molecule has 0 atom stereocenters. The van der Waals surface area contributed by atoms with Gasteiger partial charge in [-0.05, 0) is 62.1 Å². The lowest BCUT2D eigenvalue weighted by molar-refractivity contribution is -0.133. The second-order valence-corrected chi connectivity index (χ2v) is 8.89. The summed E-state index contributed by atoms with van der Waals surface area (Å²) < 4.78 is 20.3. The summed E-state index contributed by atoms with van der Waals surface area (Å²) in [6.45, 7) is 1.33. The van der Waals surface area contributed by atoms with Gasteiger partial charge in [-0.15, -0.1) is 0 Å². The van der Waals surface area contributed by atoms with Crippen molar-refractivity contribution < 1.29 is 18.7 Å². The Kier molecular flexibility index (Phi) is 6.04. The van der Waals surface area contributed by atoms with Crippen LogP contribution in [-0.4, -0.2) is 52.7 Å². The third-order valence-electron chi connectivity index (χ3n) is 6.46. The molecule has 3 aromatic rings. The minimum Gasteiger partial charge on any atom is -0.497 e. The Balaban J connectivity index is 1.38. The van der Waals surface area contributed by atoms with Gasteiger partial charge in [0.05, 0.1) is 18.4 Å². The number of carbonyl (C=O) groups excluding carboxylic acids is 2. The van der Waals surface area contributed by atoms with Crippen molar-refractivity contribution in [3.63, 3.8) is 0 Å². The Morgan fingerprint density at radius 1 is 1.06 bits per heavy atom. The van der Waals surface area contributed by atoms with Crippen LogP contribution >= 0.6 is 0 Å². The molecule has 2 aliphatic rings. The summed E-state index contributed by atoms with van der Waals surface area (Å²) in [6, 6.07) is 13.3. The highest BCUT2D eigenvalue weighted by Crippen LogP contribution is 2.32. The number of ether oxygens (including phenoxy) is 1. The number of piperidine rings is 1. The molecule has 34 heavy (non-hydrogen) atoms. The SMILES string of the molecule is COc1cccc(-c2nn(-c3ccc(F)cc3)cc2C(=O)NC2CCN(C(=O)C3CC3)CC2)c1. The molecule has 7 nitrogen and oxygen atoms in total. The molecule has 0 unspecified atom stereocenters. The van der Waals surface area contributed by atoms with E-state index in [1.807, 2.05) is 29.2 Å². The van der Waals surface area contributed by atoms with Crippen LogP contribution in [-0.2, 0) is 4.79 Å². The zero-order valence-corrected chi connectivity index (χ0v) is 19.0. The van der Waals surface area contributed by atoms with E-state index in [2.05, 4.69) is 10.4 Å². The highest BCUT2D eigenvalue weighted by Gasteiger charge is 2.35. The average Bonchev–Trinajstić information content (AvgIpc) is 3.62. The number of rotatable bonds is 6. The molecular weight excluding hydrogens is 435 g/mol. The van der Waals surface area contributed by atoms with Crippen LogP contribution in [0.2, 0.25) is 0 Å². The number of methoxy groups -OCH3 is 1. The number of aromatic nitrogens is 2. The molecular formula is C26H27FN4O3. The summed E-state index contributed by atoms with van der Waals surface area (Å²) in [7, 11) is 1.59. The van der Waals surface area contributed by atoms with Gasteiger partial charge in [-0.2, -0.15) is 5.10 Å².